The van der Waals surface area contributed by atoms with Gasteiger partial charge in [-0.15, -0.1) is 0 Å². The maximum Gasteiger partial charge on any atom is 0.269 e. The minimum absolute atomic E-state index is 0.0377. The average Bonchev–Trinajstić information content (AvgIpc) is 3.19. The SMILES string of the molecule is CCCCCN1CC(=O)N2C(Cc3c([nH]c4ccccc34)C2c2cccc([N+](=O)[O-])c2)C1=O. The van der Waals surface area contributed by atoms with E-state index >= 15 is 0 Å². The number of hydrogen-bond acceptors (Lipinski definition) is 4. The van der Waals surface area contributed by atoms with Crippen molar-refractivity contribution < 1.29 is 14.5 Å². The van der Waals surface area contributed by atoms with E-state index in [4.69, 9.17) is 0 Å². The highest BCUT2D eigenvalue weighted by Gasteiger charge is 2.48. The van der Waals surface area contributed by atoms with Crippen molar-refractivity contribution in [1.29, 1.82) is 0 Å². The molecule has 5 rings (SSSR count). The number of rotatable bonds is 6. The van der Waals surface area contributed by atoms with Crippen LogP contribution in [-0.4, -0.2) is 50.7 Å². The predicted octanol–water partition coefficient (Wildman–Crippen LogP) is 3.95. The van der Waals surface area contributed by atoms with Gasteiger partial charge in [0, 0.05) is 41.7 Å². The zero-order chi connectivity index (χ0) is 23.1. The summed E-state index contributed by atoms with van der Waals surface area (Å²) in [6.07, 6.45) is 3.35. The number of non-ortho nitro benzene ring substituents is 1. The van der Waals surface area contributed by atoms with Crippen LogP contribution in [0.15, 0.2) is 48.5 Å². The lowest BCUT2D eigenvalue weighted by Gasteiger charge is -2.47. The number of fused-ring (bicyclic) bond motifs is 4. The molecule has 0 spiro atoms. The van der Waals surface area contributed by atoms with Gasteiger partial charge in [-0.1, -0.05) is 50.1 Å². The molecule has 2 aliphatic rings. The smallest absolute Gasteiger partial charge is 0.269 e. The summed E-state index contributed by atoms with van der Waals surface area (Å²) in [5.74, 6) is -0.172. The number of benzene rings is 2. The van der Waals surface area contributed by atoms with Crippen LogP contribution in [0.4, 0.5) is 5.69 Å². The fourth-order valence-corrected chi connectivity index (χ4v) is 5.22. The summed E-state index contributed by atoms with van der Waals surface area (Å²) in [6.45, 7) is 2.72. The molecule has 3 aromatic rings. The first-order valence-electron chi connectivity index (χ1n) is 11.4. The number of aromatic amines is 1. The number of carbonyl (C=O) groups excluding carboxylic acids is 2. The molecule has 0 saturated carbocycles. The predicted molar refractivity (Wildman–Crippen MR) is 124 cm³/mol. The van der Waals surface area contributed by atoms with Gasteiger partial charge in [-0.2, -0.15) is 0 Å². The first kappa shape index (κ1) is 21.2. The van der Waals surface area contributed by atoms with E-state index < -0.39 is 17.0 Å². The topological polar surface area (TPSA) is 99.6 Å². The van der Waals surface area contributed by atoms with Gasteiger partial charge in [0.1, 0.15) is 6.04 Å². The highest BCUT2D eigenvalue weighted by Crippen LogP contribution is 2.43. The summed E-state index contributed by atoms with van der Waals surface area (Å²) in [7, 11) is 0. The Morgan fingerprint density at radius 2 is 1.94 bits per heavy atom. The van der Waals surface area contributed by atoms with E-state index in [1.807, 2.05) is 24.3 Å². The summed E-state index contributed by atoms with van der Waals surface area (Å²) >= 11 is 0. The number of para-hydroxylation sites is 1. The van der Waals surface area contributed by atoms with Crippen LogP contribution in [-0.2, 0) is 16.0 Å². The van der Waals surface area contributed by atoms with Gasteiger partial charge >= 0.3 is 0 Å². The number of amides is 2. The highest BCUT2D eigenvalue weighted by molar-refractivity contribution is 5.97. The average molecular weight is 447 g/mol. The van der Waals surface area contributed by atoms with Crippen LogP contribution in [0.1, 0.15) is 49.0 Å². The Bertz CT molecular complexity index is 1250. The Kier molecular flexibility index (Phi) is 5.36. The van der Waals surface area contributed by atoms with Crippen molar-refractivity contribution in [2.45, 2.75) is 44.7 Å². The molecule has 2 aromatic carbocycles. The molecule has 3 heterocycles. The Hall–Kier alpha value is -3.68. The molecule has 33 heavy (non-hydrogen) atoms. The van der Waals surface area contributed by atoms with E-state index in [0.717, 1.165) is 41.4 Å². The lowest BCUT2D eigenvalue weighted by Crippen LogP contribution is -2.63. The molecule has 1 fully saturated rings. The van der Waals surface area contributed by atoms with Gasteiger partial charge in [0.2, 0.25) is 11.8 Å². The third-order valence-corrected chi connectivity index (χ3v) is 6.77. The maximum absolute atomic E-state index is 13.5. The normalized spacial score (nSPS) is 20.2. The van der Waals surface area contributed by atoms with Crippen LogP contribution in [0.5, 0.6) is 0 Å². The summed E-state index contributed by atoms with van der Waals surface area (Å²) in [4.78, 5) is 44.8. The van der Waals surface area contributed by atoms with Crippen LogP contribution in [0.2, 0.25) is 0 Å². The van der Waals surface area contributed by atoms with E-state index in [0.29, 0.717) is 18.5 Å². The number of nitrogens with one attached hydrogen (secondary N) is 1. The van der Waals surface area contributed by atoms with Crippen molar-refractivity contribution in [3.05, 3.63) is 75.5 Å². The fourth-order valence-electron chi connectivity index (χ4n) is 5.22. The number of nitro benzene ring substituents is 1. The van der Waals surface area contributed by atoms with Crippen LogP contribution in [0.3, 0.4) is 0 Å². The van der Waals surface area contributed by atoms with Gasteiger partial charge < -0.3 is 14.8 Å². The van der Waals surface area contributed by atoms with Crippen LogP contribution >= 0.6 is 0 Å². The van der Waals surface area contributed by atoms with Gasteiger partial charge in [-0.25, -0.2) is 0 Å². The van der Waals surface area contributed by atoms with Crippen LogP contribution < -0.4 is 0 Å². The third kappa shape index (κ3) is 3.55. The Balaban J connectivity index is 1.63. The van der Waals surface area contributed by atoms with Gasteiger partial charge in [0.25, 0.3) is 5.69 Å². The van der Waals surface area contributed by atoms with Crippen molar-refractivity contribution in [3.8, 4) is 0 Å². The molecular weight excluding hydrogens is 420 g/mol. The summed E-state index contributed by atoms with van der Waals surface area (Å²) < 4.78 is 0. The molecule has 8 heteroatoms. The maximum atomic E-state index is 13.5. The Morgan fingerprint density at radius 3 is 2.73 bits per heavy atom. The minimum Gasteiger partial charge on any atom is -0.356 e. The molecule has 2 amide bonds. The van der Waals surface area contributed by atoms with Crippen molar-refractivity contribution in [2.24, 2.45) is 0 Å². The van der Waals surface area contributed by atoms with Crippen LogP contribution in [0.25, 0.3) is 10.9 Å². The van der Waals surface area contributed by atoms with E-state index in [2.05, 4.69) is 11.9 Å². The zero-order valence-corrected chi connectivity index (χ0v) is 18.5. The van der Waals surface area contributed by atoms with Gasteiger partial charge in [-0.3, -0.25) is 19.7 Å². The lowest BCUT2D eigenvalue weighted by molar-refractivity contribution is -0.384. The molecule has 2 aliphatic heterocycles. The molecule has 0 bridgehead atoms. The highest BCUT2D eigenvalue weighted by atomic mass is 16.6. The molecule has 8 nitrogen and oxygen atoms in total. The molecule has 1 N–H and O–H groups in total. The van der Waals surface area contributed by atoms with E-state index in [1.165, 1.54) is 12.1 Å². The van der Waals surface area contributed by atoms with Gasteiger partial charge in [-0.05, 0) is 23.6 Å². The quantitative estimate of drug-likeness (QED) is 0.352. The molecule has 2 unspecified atom stereocenters. The standard InChI is InChI=1S/C25H26N4O4/c1-2-3-6-12-27-15-22(30)28-21(25(27)31)14-19-18-10-4-5-11-20(18)26-23(19)24(28)16-8-7-9-17(13-16)29(32)33/h4-5,7-11,13,21,24,26H,2-3,6,12,14-15H2,1H3. The van der Waals surface area contributed by atoms with Crippen molar-refractivity contribution in [2.75, 3.05) is 13.1 Å². The number of nitro groups is 1. The van der Waals surface area contributed by atoms with Crippen molar-refractivity contribution >= 4 is 28.4 Å². The van der Waals surface area contributed by atoms with Gasteiger partial charge in [0.15, 0.2) is 0 Å². The molecule has 1 aromatic heterocycles. The van der Waals surface area contributed by atoms with Crippen LogP contribution in [0, 0.1) is 10.1 Å². The molecule has 1 saturated heterocycles. The second-order valence-corrected chi connectivity index (χ2v) is 8.81. The summed E-state index contributed by atoms with van der Waals surface area (Å²) in [5, 5.41) is 12.5. The molecule has 0 radical (unpaired) electrons. The number of hydrogen-bond donors (Lipinski definition) is 1. The van der Waals surface area contributed by atoms with E-state index in [-0.39, 0.29) is 24.0 Å². The number of aromatic nitrogens is 1. The molecule has 2 atom stereocenters. The minimum atomic E-state index is -0.621. The fraction of sp³-hybridized carbons (Fsp3) is 0.360. The number of H-pyrrole nitrogens is 1. The van der Waals surface area contributed by atoms with E-state index in [9.17, 15) is 19.7 Å². The molecular formula is C25H26N4O4. The molecule has 0 aliphatic carbocycles. The number of nitrogens with zero attached hydrogens (tertiary/aromatic N) is 3. The Labute approximate surface area is 191 Å². The summed E-state index contributed by atoms with van der Waals surface area (Å²) in [6, 6.07) is 13.0. The zero-order valence-electron chi connectivity index (χ0n) is 18.5. The number of piperazine rings is 1. The second kappa shape index (κ2) is 8.35. The van der Waals surface area contributed by atoms with Crippen molar-refractivity contribution in [1.82, 2.24) is 14.8 Å². The first-order valence-corrected chi connectivity index (χ1v) is 11.4. The second-order valence-electron chi connectivity index (χ2n) is 8.81. The Morgan fingerprint density at radius 1 is 1.12 bits per heavy atom. The molecule has 170 valence electrons. The number of unbranched alkanes of at least 4 members (excludes halogenated alkanes) is 2. The van der Waals surface area contributed by atoms with E-state index in [1.54, 1.807) is 21.9 Å². The first-order chi connectivity index (χ1) is 16.0. The number of carbonyl (C=O) groups is 2. The summed E-state index contributed by atoms with van der Waals surface area (Å²) in [5.41, 5.74) is 3.34. The monoisotopic (exact) mass is 446 g/mol. The van der Waals surface area contributed by atoms with Crippen molar-refractivity contribution in [3.63, 3.8) is 0 Å². The largest absolute Gasteiger partial charge is 0.356 e. The third-order valence-electron chi connectivity index (χ3n) is 6.77. The van der Waals surface area contributed by atoms with Gasteiger partial charge in [0.05, 0.1) is 17.5 Å². The lowest BCUT2D eigenvalue weighted by atomic mass is 9.86.